The van der Waals surface area contributed by atoms with E-state index in [2.05, 4.69) is 26.0 Å². The summed E-state index contributed by atoms with van der Waals surface area (Å²) in [5.41, 5.74) is 4.36. The van der Waals surface area contributed by atoms with Crippen LogP contribution in [0.2, 0.25) is 0 Å². The monoisotopic (exact) mass is 187 g/mol. The molecule has 3 aliphatic rings. The summed E-state index contributed by atoms with van der Waals surface area (Å²) in [6.45, 7) is 4.49. The van der Waals surface area contributed by atoms with Gasteiger partial charge in [-0.05, 0) is 43.3 Å². The van der Waals surface area contributed by atoms with Crippen LogP contribution in [0.4, 0.5) is 0 Å². The number of nitrogens with zero attached hydrogens (tertiary/aromatic N) is 1. The van der Waals surface area contributed by atoms with E-state index in [1.807, 2.05) is 0 Å². The molecule has 1 heteroatoms. The molecule has 74 valence electrons. The van der Waals surface area contributed by atoms with Crippen LogP contribution in [0.3, 0.4) is 0 Å². The van der Waals surface area contributed by atoms with Crippen molar-refractivity contribution in [1.82, 2.24) is 0 Å². The Morgan fingerprint density at radius 1 is 1.36 bits per heavy atom. The molecular formula is C13H17N. The zero-order chi connectivity index (χ0) is 9.71. The van der Waals surface area contributed by atoms with Crippen LogP contribution >= 0.6 is 0 Å². The third-order valence-electron chi connectivity index (χ3n) is 3.86. The zero-order valence-electron chi connectivity index (χ0n) is 8.96. The molecule has 0 radical (unpaired) electrons. The minimum atomic E-state index is 0.628. The molecule has 0 saturated heterocycles. The first-order valence-electron chi connectivity index (χ1n) is 5.72. The fourth-order valence-corrected chi connectivity index (χ4v) is 2.88. The van der Waals surface area contributed by atoms with E-state index in [0.29, 0.717) is 6.04 Å². The normalized spacial score (nSPS) is 39.9. The van der Waals surface area contributed by atoms with Crippen LogP contribution in [0, 0.1) is 11.8 Å². The van der Waals surface area contributed by atoms with Gasteiger partial charge in [-0.25, -0.2) is 0 Å². The minimum Gasteiger partial charge on any atom is -0.285 e. The molecule has 0 aromatic rings. The lowest BCUT2D eigenvalue weighted by atomic mass is 9.67. The van der Waals surface area contributed by atoms with Crippen LogP contribution in [-0.4, -0.2) is 11.8 Å². The third kappa shape index (κ3) is 1.05. The summed E-state index contributed by atoms with van der Waals surface area (Å²) in [5, 5.41) is 0. The Morgan fingerprint density at radius 2 is 2.21 bits per heavy atom. The topological polar surface area (TPSA) is 12.4 Å². The molecule has 1 aliphatic heterocycles. The highest BCUT2D eigenvalue weighted by Crippen LogP contribution is 2.45. The fourth-order valence-electron chi connectivity index (χ4n) is 2.88. The molecule has 1 saturated carbocycles. The second-order valence-electron chi connectivity index (χ2n) is 4.92. The molecule has 3 atom stereocenters. The van der Waals surface area contributed by atoms with Crippen molar-refractivity contribution in [2.45, 2.75) is 39.2 Å². The summed E-state index contributed by atoms with van der Waals surface area (Å²) in [6, 6.07) is 0.628. The first kappa shape index (κ1) is 8.46. The van der Waals surface area contributed by atoms with Gasteiger partial charge in [0.05, 0.1) is 6.04 Å². The van der Waals surface area contributed by atoms with Crippen molar-refractivity contribution >= 4 is 5.71 Å². The lowest BCUT2D eigenvalue weighted by Crippen LogP contribution is -2.38. The second-order valence-corrected chi connectivity index (χ2v) is 4.92. The first-order chi connectivity index (χ1) is 6.75. The van der Waals surface area contributed by atoms with E-state index in [1.54, 1.807) is 5.57 Å². The molecule has 0 N–H and O–H groups in total. The van der Waals surface area contributed by atoms with Crippen molar-refractivity contribution < 1.29 is 0 Å². The summed E-state index contributed by atoms with van der Waals surface area (Å²) < 4.78 is 0. The molecule has 2 aliphatic carbocycles. The average Bonchev–Trinajstić information content (AvgIpc) is 2.11. The molecule has 1 heterocycles. The standard InChI is InChI=1S/C13H17N/c1-8-3-4-10-9(2)14-13-6-5-11(13)12(10)7-8/h4,7-8,11,13H,3,5-6H2,1-2H3/t8?,11?,13-/m1/s1. The molecule has 1 fully saturated rings. The SMILES string of the molecule is CC1=N[C@@H]2CCC2C2=CC(C)CC=C21. The van der Waals surface area contributed by atoms with Crippen LogP contribution in [0.5, 0.6) is 0 Å². The Balaban J connectivity index is 2.06. The molecule has 2 unspecified atom stereocenters. The summed E-state index contributed by atoms with van der Waals surface area (Å²) in [7, 11) is 0. The molecule has 3 rings (SSSR count). The number of hydrogen-bond acceptors (Lipinski definition) is 1. The van der Waals surface area contributed by atoms with E-state index in [9.17, 15) is 0 Å². The van der Waals surface area contributed by atoms with Gasteiger partial charge in [-0.3, -0.25) is 4.99 Å². The van der Waals surface area contributed by atoms with E-state index in [1.165, 1.54) is 30.5 Å². The third-order valence-corrected chi connectivity index (χ3v) is 3.86. The summed E-state index contributed by atoms with van der Waals surface area (Å²) in [4.78, 5) is 4.77. The van der Waals surface area contributed by atoms with E-state index in [-0.39, 0.29) is 0 Å². The van der Waals surface area contributed by atoms with E-state index in [4.69, 9.17) is 4.99 Å². The maximum absolute atomic E-state index is 4.77. The highest BCUT2D eigenvalue weighted by Gasteiger charge is 2.39. The summed E-state index contributed by atoms with van der Waals surface area (Å²) >= 11 is 0. The van der Waals surface area contributed by atoms with Crippen LogP contribution in [0.25, 0.3) is 0 Å². The highest BCUT2D eigenvalue weighted by atomic mass is 14.9. The predicted molar refractivity (Wildman–Crippen MR) is 59.6 cm³/mol. The fraction of sp³-hybridized carbons (Fsp3) is 0.615. The predicted octanol–water partition coefficient (Wildman–Crippen LogP) is 3.13. The van der Waals surface area contributed by atoms with Gasteiger partial charge in [0.2, 0.25) is 0 Å². The van der Waals surface area contributed by atoms with Gasteiger partial charge in [-0.1, -0.05) is 19.1 Å². The minimum absolute atomic E-state index is 0.628. The van der Waals surface area contributed by atoms with Crippen LogP contribution in [-0.2, 0) is 0 Å². The van der Waals surface area contributed by atoms with Gasteiger partial charge in [0.1, 0.15) is 0 Å². The van der Waals surface area contributed by atoms with Crippen molar-refractivity contribution in [3.05, 3.63) is 23.3 Å². The van der Waals surface area contributed by atoms with Crippen molar-refractivity contribution in [2.24, 2.45) is 16.8 Å². The Kier molecular flexibility index (Phi) is 1.70. The maximum Gasteiger partial charge on any atom is 0.0571 e. The molecule has 1 nitrogen and oxygen atoms in total. The van der Waals surface area contributed by atoms with Gasteiger partial charge in [-0.2, -0.15) is 0 Å². The number of aliphatic imine (C=N–C) groups is 1. The summed E-state index contributed by atoms with van der Waals surface area (Å²) in [6.07, 6.45) is 8.75. The molecule has 14 heavy (non-hydrogen) atoms. The average molecular weight is 187 g/mol. The zero-order valence-corrected chi connectivity index (χ0v) is 8.96. The number of allylic oxidation sites excluding steroid dienone is 3. The van der Waals surface area contributed by atoms with Crippen molar-refractivity contribution in [1.29, 1.82) is 0 Å². The van der Waals surface area contributed by atoms with Crippen LogP contribution < -0.4 is 0 Å². The van der Waals surface area contributed by atoms with Gasteiger partial charge < -0.3 is 0 Å². The largest absolute Gasteiger partial charge is 0.285 e. The highest BCUT2D eigenvalue weighted by molar-refractivity contribution is 6.03. The van der Waals surface area contributed by atoms with Crippen molar-refractivity contribution in [2.75, 3.05) is 0 Å². The number of rotatable bonds is 0. The maximum atomic E-state index is 4.77. The molecule has 0 amide bonds. The Bertz CT molecular complexity index is 359. The van der Waals surface area contributed by atoms with E-state index in [0.717, 1.165) is 11.8 Å². The van der Waals surface area contributed by atoms with Gasteiger partial charge >= 0.3 is 0 Å². The molecular weight excluding hydrogens is 170 g/mol. The van der Waals surface area contributed by atoms with Crippen LogP contribution in [0.15, 0.2) is 28.3 Å². The first-order valence-corrected chi connectivity index (χ1v) is 5.72. The molecule has 0 bridgehead atoms. The van der Waals surface area contributed by atoms with Crippen molar-refractivity contribution in [3.63, 3.8) is 0 Å². The quantitative estimate of drug-likeness (QED) is 0.552. The van der Waals surface area contributed by atoms with Gasteiger partial charge in [0.25, 0.3) is 0 Å². The molecule has 0 aromatic heterocycles. The molecule has 0 spiro atoms. The number of hydrogen-bond donors (Lipinski definition) is 0. The lowest BCUT2D eigenvalue weighted by Gasteiger charge is -2.42. The summed E-state index contributed by atoms with van der Waals surface area (Å²) in [5.74, 6) is 1.51. The lowest BCUT2D eigenvalue weighted by molar-refractivity contribution is 0.299. The van der Waals surface area contributed by atoms with Gasteiger partial charge in [-0.15, -0.1) is 0 Å². The van der Waals surface area contributed by atoms with E-state index < -0.39 is 0 Å². The Hall–Kier alpha value is -0.850. The number of fused-ring (bicyclic) bond motifs is 3. The van der Waals surface area contributed by atoms with Crippen LogP contribution in [0.1, 0.15) is 33.1 Å². The van der Waals surface area contributed by atoms with Gasteiger partial charge in [0, 0.05) is 11.6 Å². The van der Waals surface area contributed by atoms with Gasteiger partial charge in [0.15, 0.2) is 0 Å². The smallest absolute Gasteiger partial charge is 0.0571 e. The Morgan fingerprint density at radius 3 is 2.93 bits per heavy atom. The Labute approximate surface area is 85.6 Å². The van der Waals surface area contributed by atoms with E-state index >= 15 is 0 Å². The second kappa shape index (κ2) is 2.82. The molecule has 0 aromatic carbocycles. The van der Waals surface area contributed by atoms with Crippen molar-refractivity contribution in [3.8, 4) is 0 Å².